The highest BCUT2D eigenvalue weighted by molar-refractivity contribution is 5.19. The van der Waals surface area contributed by atoms with Crippen LogP contribution < -0.4 is 11.4 Å². The van der Waals surface area contributed by atoms with Crippen LogP contribution in [0.2, 0.25) is 0 Å². The lowest BCUT2D eigenvalue weighted by atomic mass is 10.1. The summed E-state index contributed by atoms with van der Waals surface area (Å²) in [5.74, 6) is -0.309. The van der Waals surface area contributed by atoms with Crippen LogP contribution in [0.5, 0.6) is 0 Å². The predicted octanol–water partition coefficient (Wildman–Crippen LogP) is 0.421. The molecule has 0 amide bonds. The third-order valence-corrected chi connectivity index (χ3v) is 2.55. The molecule has 0 aliphatic carbocycles. The fourth-order valence-corrected chi connectivity index (χ4v) is 1.55. The van der Waals surface area contributed by atoms with Crippen LogP contribution in [0.1, 0.15) is 11.6 Å². The van der Waals surface area contributed by atoms with Crippen molar-refractivity contribution in [1.29, 1.82) is 0 Å². The minimum Gasteiger partial charge on any atom is -0.322 e. The number of halogens is 1. The second kappa shape index (κ2) is 4.50. The van der Waals surface area contributed by atoms with E-state index in [-0.39, 0.29) is 24.1 Å². The van der Waals surface area contributed by atoms with Gasteiger partial charge in [0.05, 0.1) is 6.54 Å². The first-order chi connectivity index (χ1) is 8.08. The minimum absolute atomic E-state index is 0.220. The van der Waals surface area contributed by atoms with Crippen LogP contribution >= 0.6 is 0 Å². The van der Waals surface area contributed by atoms with Gasteiger partial charge in [-0.3, -0.25) is 4.57 Å². The summed E-state index contributed by atoms with van der Waals surface area (Å²) in [6, 6.07) is 5.51. The first-order valence-electron chi connectivity index (χ1n) is 5.17. The van der Waals surface area contributed by atoms with E-state index in [0.29, 0.717) is 0 Å². The van der Waals surface area contributed by atoms with Gasteiger partial charge >= 0.3 is 5.69 Å². The standard InChI is InChI=1S/C11H13FN4O/c1-15-7-14-16(11(15)17)6-10(13)8-2-4-9(12)5-3-8/h2-5,7,10H,6,13H2,1H3. The lowest BCUT2D eigenvalue weighted by Gasteiger charge is -2.10. The molecule has 0 fully saturated rings. The molecule has 6 heteroatoms. The maximum absolute atomic E-state index is 12.7. The zero-order chi connectivity index (χ0) is 12.4. The van der Waals surface area contributed by atoms with Crippen molar-refractivity contribution in [2.75, 3.05) is 0 Å². The second-order valence-electron chi connectivity index (χ2n) is 3.86. The normalized spacial score (nSPS) is 12.6. The topological polar surface area (TPSA) is 65.8 Å². The Morgan fingerprint density at radius 1 is 1.41 bits per heavy atom. The van der Waals surface area contributed by atoms with E-state index in [1.54, 1.807) is 19.2 Å². The number of nitrogens with zero attached hydrogens (tertiary/aromatic N) is 3. The molecule has 0 bridgehead atoms. The van der Waals surface area contributed by atoms with Gasteiger partial charge in [-0.2, -0.15) is 5.10 Å². The number of hydrogen-bond acceptors (Lipinski definition) is 3. The summed E-state index contributed by atoms with van der Waals surface area (Å²) in [4.78, 5) is 11.5. The summed E-state index contributed by atoms with van der Waals surface area (Å²) in [7, 11) is 1.62. The molecule has 2 aromatic rings. The van der Waals surface area contributed by atoms with Crippen LogP contribution in [0.4, 0.5) is 4.39 Å². The molecule has 1 heterocycles. The molecular weight excluding hydrogens is 223 g/mol. The van der Waals surface area contributed by atoms with E-state index in [1.807, 2.05) is 0 Å². The molecule has 90 valence electrons. The average Bonchev–Trinajstić information content (AvgIpc) is 2.62. The van der Waals surface area contributed by atoms with Crippen molar-refractivity contribution in [2.24, 2.45) is 12.8 Å². The summed E-state index contributed by atoms with van der Waals surface area (Å²) in [6.07, 6.45) is 1.43. The molecule has 1 aromatic heterocycles. The Balaban J connectivity index is 2.17. The molecule has 0 radical (unpaired) electrons. The predicted molar refractivity (Wildman–Crippen MR) is 60.8 cm³/mol. The highest BCUT2D eigenvalue weighted by atomic mass is 19.1. The first kappa shape index (κ1) is 11.5. The molecular formula is C11H13FN4O. The van der Waals surface area contributed by atoms with Crippen LogP contribution in [0.3, 0.4) is 0 Å². The van der Waals surface area contributed by atoms with Gasteiger partial charge in [0, 0.05) is 13.1 Å². The fourth-order valence-electron chi connectivity index (χ4n) is 1.55. The lowest BCUT2D eigenvalue weighted by molar-refractivity contribution is 0.508. The van der Waals surface area contributed by atoms with Crippen LogP contribution in [0.25, 0.3) is 0 Å². The molecule has 2 rings (SSSR count). The molecule has 1 unspecified atom stereocenters. The number of aromatic nitrogens is 3. The fraction of sp³-hybridized carbons (Fsp3) is 0.273. The monoisotopic (exact) mass is 236 g/mol. The Kier molecular flexibility index (Phi) is 3.06. The van der Waals surface area contributed by atoms with Gasteiger partial charge in [0.1, 0.15) is 12.1 Å². The number of nitrogens with two attached hydrogens (primary N) is 1. The van der Waals surface area contributed by atoms with Crippen LogP contribution in [-0.4, -0.2) is 14.3 Å². The molecule has 0 spiro atoms. The van der Waals surface area contributed by atoms with Gasteiger partial charge in [-0.15, -0.1) is 0 Å². The van der Waals surface area contributed by atoms with E-state index < -0.39 is 0 Å². The molecule has 0 aliphatic rings. The number of rotatable bonds is 3. The van der Waals surface area contributed by atoms with E-state index in [4.69, 9.17) is 5.73 Å². The largest absolute Gasteiger partial charge is 0.345 e. The quantitative estimate of drug-likeness (QED) is 0.840. The molecule has 0 saturated heterocycles. The summed E-state index contributed by atoms with van der Waals surface area (Å²) in [5.41, 5.74) is 6.47. The van der Waals surface area contributed by atoms with Crippen molar-refractivity contribution in [2.45, 2.75) is 12.6 Å². The Hall–Kier alpha value is -1.95. The zero-order valence-corrected chi connectivity index (χ0v) is 9.38. The van der Waals surface area contributed by atoms with Crippen LogP contribution in [0.15, 0.2) is 35.4 Å². The highest BCUT2D eigenvalue weighted by Crippen LogP contribution is 2.11. The Morgan fingerprint density at radius 3 is 2.59 bits per heavy atom. The Bertz CT molecular complexity index is 558. The van der Waals surface area contributed by atoms with Crippen molar-refractivity contribution in [3.05, 3.63) is 52.5 Å². The zero-order valence-electron chi connectivity index (χ0n) is 9.38. The summed E-state index contributed by atoms with van der Waals surface area (Å²) in [6.45, 7) is 0.269. The van der Waals surface area contributed by atoms with Gasteiger partial charge in [0.2, 0.25) is 0 Å². The van der Waals surface area contributed by atoms with Gasteiger partial charge in [0.15, 0.2) is 0 Å². The third-order valence-electron chi connectivity index (χ3n) is 2.55. The van der Waals surface area contributed by atoms with Crippen LogP contribution in [0, 0.1) is 5.82 Å². The summed E-state index contributed by atoms with van der Waals surface area (Å²) >= 11 is 0. The van der Waals surface area contributed by atoms with Crippen molar-refractivity contribution < 1.29 is 4.39 Å². The molecule has 0 saturated carbocycles. The van der Waals surface area contributed by atoms with E-state index >= 15 is 0 Å². The average molecular weight is 236 g/mol. The Labute approximate surface area is 97.3 Å². The number of hydrogen-bond donors (Lipinski definition) is 1. The van der Waals surface area contributed by atoms with E-state index in [9.17, 15) is 9.18 Å². The minimum atomic E-state index is -0.386. The van der Waals surface area contributed by atoms with Gasteiger partial charge < -0.3 is 5.73 Å². The van der Waals surface area contributed by atoms with Gasteiger partial charge in [-0.1, -0.05) is 12.1 Å². The number of benzene rings is 1. The van der Waals surface area contributed by atoms with Crippen molar-refractivity contribution >= 4 is 0 Å². The first-order valence-corrected chi connectivity index (χ1v) is 5.17. The highest BCUT2D eigenvalue weighted by Gasteiger charge is 2.10. The molecule has 1 aromatic carbocycles. The maximum atomic E-state index is 12.7. The van der Waals surface area contributed by atoms with Gasteiger partial charge in [0.25, 0.3) is 0 Å². The molecule has 0 aliphatic heterocycles. The van der Waals surface area contributed by atoms with Crippen molar-refractivity contribution in [1.82, 2.24) is 14.3 Å². The molecule has 1 atom stereocenters. The smallest absolute Gasteiger partial charge is 0.322 e. The van der Waals surface area contributed by atoms with Crippen LogP contribution in [-0.2, 0) is 13.6 Å². The molecule has 5 nitrogen and oxygen atoms in total. The second-order valence-corrected chi connectivity index (χ2v) is 3.86. The van der Waals surface area contributed by atoms with E-state index in [2.05, 4.69) is 5.10 Å². The maximum Gasteiger partial charge on any atom is 0.345 e. The SMILES string of the molecule is Cn1cnn(CC(N)c2ccc(F)cc2)c1=O. The van der Waals surface area contributed by atoms with Gasteiger partial charge in [-0.25, -0.2) is 13.9 Å². The summed E-state index contributed by atoms with van der Waals surface area (Å²) in [5, 5.41) is 3.91. The molecule has 2 N–H and O–H groups in total. The Morgan fingerprint density at radius 2 is 2.06 bits per heavy atom. The van der Waals surface area contributed by atoms with E-state index in [1.165, 1.54) is 27.7 Å². The summed E-state index contributed by atoms with van der Waals surface area (Å²) < 4.78 is 15.4. The molecule has 17 heavy (non-hydrogen) atoms. The van der Waals surface area contributed by atoms with Crippen molar-refractivity contribution in [3.63, 3.8) is 0 Å². The lowest BCUT2D eigenvalue weighted by Crippen LogP contribution is -2.28. The number of aryl methyl sites for hydroxylation is 1. The van der Waals surface area contributed by atoms with E-state index in [0.717, 1.165) is 5.56 Å². The van der Waals surface area contributed by atoms with Gasteiger partial charge in [-0.05, 0) is 17.7 Å². The van der Waals surface area contributed by atoms with Crippen molar-refractivity contribution in [3.8, 4) is 0 Å². The third kappa shape index (κ3) is 2.42.